The predicted octanol–water partition coefficient (Wildman–Crippen LogP) is 5.44. The number of thiophene rings is 1. The molecule has 2 heterocycles. The zero-order chi connectivity index (χ0) is 24.6. The number of ether oxygens (including phenoxy) is 1. The summed E-state index contributed by atoms with van der Waals surface area (Å²) in [7, 11) is 0. The van der Waals surface area contributed by atoms with E-state index >= 15 is 0 Å². The molecular formula is C27H30FN3O3S. The van der Waals surface area contributed by atoms with Crippen molar-refractivity contribution >= 4 is 29.0 Å². The number of carbonyl (C=O) groups is 2. The molecule has 35 heavy (non-hydrogen) atoms. The summed E-state index contributed by atoms with van der Waals surface area (Å²) in [6, 6.07) is 19.0. The summed E-state index contributed by atoms with van der Waals surface area (Å²) in [6.45, 7) is 3.70. The van der Waals surface area contributed by atoms with Crippen molar-refractivity contribution in [2.24, 2.45) is 0 Å². The van der Waals surface area contributed by atoms with Gasteiger partial charge in [-0.25, -0.2) is 9.18 Å². The molecule has 0 unspecified atom stereocenters. The molecule has 1 aromatic heterocycles. The number of nitrogens with zero attached hydrogens (tertiary/aromatic N) is 2. The number of para-hydroxylation sites is 1. The van der Waals surface area contributed by atoms with Crippen molar-refractivity contribution in [3.8, 4) is 0 Å². The molecule has 0 radical (unpaired) electrons. The number of urea groups is 1. The molecule has 8 heteroatoms. The highest BCUT2D eigenvalue weighted by Crippen LogP contribution is 2.20. The SMILES string of the molecule is Cc1ccc(CN(Cc2ccc(F)cc2)C(=O)CN(C[C@@H]2CCCO2)C(=O)Nc2ccccc2)s1. The average Bonchev–Trinajstić information content (AvgIpc) is 3.51. The van der Waals surface area contributed by atoms with Gasteiger partial charge in [0, 0.05) is 35.1 Å². The van der Waals surface area contributed by atoms with Crippen LogP contribution in [0.4, 0.5) is 14.9 Å². The van der Waals surface area contributed by atoms with E-state index in [0.717, 1.165) is 28.2 Å². The number of carbonyl (C=O) groups excluding carboxylic acids is 2. The van der Waals surface area contributed by atoms with Crippen molar-refractivity contribution in [3.05, 3.63) is 87.9 Å². The quantitative estimate of drug-likeness (QED) is 0.430. The van der Waals surface area contributed by atoms with E-state index in [1.165, 1.54) is 17.0 Å². The standard InChI is InChI=1S/C27H30FN3O3S/c1-20-9-14-25(35-20)18-30(16-21-10-12-22(28)13-11-21)26(32)19-31(17-24-8-5-15-34-24)27(33)29-23-6-3-2-4-7-23/h2-4,6-7,9-14,24H,5,8,15-19H2,1H3,(H,29,33)/t24-/m0/s1. The van der Waals surface area contributed by atoms with E-state index in [0.29, 0.717) is 31.9 Å². The first-order chi connectivity index (χ1) is 17.0. The van der Waals surface area contributed by atoms with Gasteiger partial charge in [-0.15, -0.1) is 11.3 Å². The van der Waals surface area contributed by atoms with Gasteiger partial charge in [-0.05, 0) is 61.7 Å². The lowest BCUT2D eigenvalue weighted by atomic mass is 10.2. The van der Waals surface area contributed by atoms with Crippen LogP contribution < -0.4 is 5.32 Å². The first-order valence-electron chi connectivity index (χ1n) is 11.8. The minimum Gasteiger partial charge on any atom is -0.376 e. The molecule has 3 aromatic rings. The van der Waals surface area contributed by atoms with Crippen molar-refractivity contribution in [2.45, 2.75) is 39.0 Å². The molecule has 1 fully saturated rings. The lowest BCUT2D eigenvalue weighted by Gasteiger charge is -2.29. The lowest BCUT2D eigenvalue weighted by molar-refractivity contribution is -0.133. The van der Waals surface area contributed by atoms with Crippen LogP contribution in [0.5, 0.6) is 0 Å². The Morgan fingerprint density at radius 2 is 1.80 bits per heavy atom. The minimum absolute atomic E-state index is 0.0793. The van der Waals surface area contributed by atoms with Gasteiger partial charge in [0.2, 0.25) is 5.91 Å². The third-order valence-corrected chi connectivity index (χ3v) is 6.85. The van der Waals surface area contributed by atoms with Crippen LogP contribution >= 0.6 is 11.3 Å². The van der Waals surface area contributed by atoms with Crippen LogP contribution in [0.15, 0.2) is 66.7 Å². The number of hydrogen-bond acceptors (Lipinski definition) is 4. The van der Waals surface area contributed by atoms with Gasteiger partial charge in [-0.2, -0.15) is 0 Å². The summed E-state index contributed by atoms with van der Waals surface area (Å²) in [5.41, 5.74) is 1.49. The van der Waals surface area contributed by atoms with Crippen LogP contribution in [0.25, 0.3) is 0 Å². The fourth-order valence-corrected chi connectivity index (χ4v) is 4.95. The summed E-state index contributed by atoms with van der Waals surface area (Å²) >= 11 is 1.63. The molecule has 6 nitrogen and oxygen atoms in total. The van der Waals surface area contributed by atoms with Gasteiger partial charge in [0.15, 0.2) is 0 Å². The molecule has 4 rings (SSSR count). The number of hydrogen-bond donors (Lipinski definition) is 1. The maximum Gasteiger partial charge on any atom is 0.322 e. The Balaban J connectivity index is 1.51. The second kappa shape index (κ2) is 12.0. The summed E-state index contributed by atoms with van der Waals surface area (Å²) in [6.07, 6.45) is 1.72. The maximum atomic E-state index is 13.6. The summed E-state index contributed by atoms with van der Waals surface area (Å²) in [4.78, 5) is 32.2. The normalized spacial score (nSPS) is 15.1. The third kappa shape index (κ3) is 7.37. The third-order valence-electron chi connectivity index (χ3n) is 5.87. The Kier molecular flexibility index (Phi) is 8.50. The van der Waals surface area contributed by atoms with Crippen LogP contribution in [0, 0.1) is 12.7 Å². The zero-order valence-corrected chi connectivity index (χ0v) is 20.6. The van der Waals surface area contributed by atoms with Crippen molar-refractivity contribution in [1.29, 1.82) is 0 Å². The fourth-order valence-electron chi connectivity index (χ4n) is 4.04. The van der Waals surface area contributed by atoms with Crippen LogP contribution in [-0.2, 0) is 22.6 Å². The monoisotopic (exact) mass is 495 g/mol. The van der Waals surface area contributed by atoms with Gasteiger partial charge in [0.05, 0.1) is 12.6 Å². The number of aryl methyl sites for hydroxylation is 1. The molecule has 0 spiro atoms. The average molecular weight is 496 g/mol. The Labute approximate surface area is 209 Å². The molecule has 0 aliphatic carbocycles. The predicted molar refractivity (Wildman–Crippen MR) is 136 cm³/mol. The van der Waals surface area contributed by atoms with E-state index in [9.17, 15) is 14.0 Å². The first kappa shape index (κ1) is 24.9. The molecular weight excluding hydrogens is 465 g/mol. The highest BCUT2D eigenvalue weighted by Gasteiger charge is 2.27. The highest BCUT2D eigenvalue weighted by molar-refractivity contribution is 7.11. The Bertz CT molecular complexity index is 1110. The zero-order valence-electron chi connectivity index (χ0n) is 19.8. The van der Waals surface area contributed by atoms with Crippen LogP contribution in [0.3, 0.4) is 0 Å². The van der Waals surface area contributed by atoms with Crippen molar-refractivity contribution in [2.75, 3.05) is 25.0 Å². The van der Waals surface area contributed by atoms with Crippen molar-refractivity contribution < 1.29 is 18.7 Å². The summed E-state index contributed by atoms with van der Waals surface area (Å²) < 4.78 is 19.2. The van der Waals surface area contributed by atoms with Gasteiger partial charge >= 0.3 is 6.03 Å². The topological polar surface area (TPSA) is 61.9 Å². The van der Waals surface area contributed by atoms with Crippen LogP contribution in [0.1, 0.15) is 28.2 Å². The number of anilines is 1. The first-order valence-corrected chi connectivity index (χ1v) is 12.6. The molecule has 0 bridgehead atoms. The smallest absolute Gasteiger partial charge is 0.322 e. The molecule has 1 N–H and O–H groups in total. The van der Waals surface area contributed by atoms with E-state index in [1.807, 2.05) is 49.4 Å². The van der Waals surface area contributed by atoms with Crippen LogP contribution in [0.2, 0.25) is 0 Å². The molecule has 184 valence electrons. The van der Waals surface area contributed by atoms with Gasteiger partial charge in [-0.3, -0.25) is 4.79 Å². The van der Waals surface area contributed by atoms with E-state index in [4.69, 9.17) is 4.74 Å². The van der Waals surface area contributed by atoms with Gasteiger partial charge in [-0.1, -0.05) is 30.3 Å². The second-order valence-electron chi connectivity index (χ2n) is 8.70. The second-order valence-corrected chi connectivity index (χ2v) is 10.1. The Morgan fingerprint density at radius 3 is 2.46 bits per heavy atom. The minimum atomic E-state index is -0.339. The Morgan fingerprint density at radius 1 is 1.03 bits per heavy atom. The highest BCUT2D eigenvalue weighted by atomic mass is 32.1. The van der Waals surface area contributed by atoms with E-state index < -0.39 is 0 Å². The molecule has 3 amide bonds. The number of halogens is 1. The molecule has 1 saturated heterocycles. The molecule has 1 aliphatic heterocycles. The van der Waals surface area contributed by atoms with Gasteiger partial charge < -0.3 is 19.9 Å². The maximum absolute atomic E-state index is 13.6. The number of nitrogens with one attached hydrogen (secondary N) is 1. The van der Waals surface area contributed by atoms with Gasteiger partial charge in [0.25, 0.3) is 0 Å². The largest absolute Gasteiger partial charge is 0.376 e. The molecule has 2 aromatic carbocycles. The number of rotatable bonds is 9. The number of amides is 3. The van der Waals surface area contributed by atoms with E-state index in [2.05, 4.69) is 5.32 Å². The van der Waals surface area contributed by atoms with Crippen molar-refractivity contribution in [3.63, 3.8) is 0 Å². The van der Waals surface area contributed by atoms with Crippen LogP contribution in [-0.4, -0.2) is 47.5 Å². The molecule has 0 saturated carbocycles. The van der Waals surface area contributed by atoms with E-state index in [-0.39, 0.29) is 30.4 Å². The van der Waals surface area contributed by atoms with E-state index in [1.54, 1.807) is 28.4 Å². The fraction of sp³-hybridized carbons (Fsp3) is 0.333. The molecule has 1 atom stereocenters. The number of benzene rings is 2. The Hall–Kier alpha value is -3.23. The summed E-state index contributed by atoms with van der Waals surface area (Å²) in [5, 5.41) is 2.89. The summed E-state index contributed by atoms with van der Waals surface area (Å²) in [5.74, 6) is -0.498. The lowest BCUT2D eigenvalue weighted by Crippen LogP contribution is -2.46. The van der Waals surface area contributed by atoms with Crippen molar-refractivity contribution in [1.82, 2.24) is 9.80 Å². The molecule has 1 aliphatic rings. The van der Waals surface area contributed by atoms with Gasteiger partial charge in [0.1, 0.15) is 12.4 Å².